The van der Waals surface area contributed by atoms with E-state index < -0.39 is 42.4 Å². The number of halogens is 8. The van der Waals surface area contributed by atoms with Crippen molar-refractivity contribution in [1.29, 1.82) is 0 Å². The minimum atomic E-state index is -5.93. The number of rotatable bonds is 2. The molecule has 1 fully saturated rings. The van der Waals surface area contributed by atoms with Gasteiger partial charge in [0.1, 0.15) is 0 Å². The Morgan fingerprint density at radius 1 is 1.00 bits per heavy atom. The van der Waals surface area contributed by atoms with Gasteiger partial charge < -0.3 is 0 Å². The third-order valence-corrected chi connectivity index (χ3v) is 3.09. The molecule has 2 atom stereocenters. The van der Waals surface area contributed by atoms with Gasteiger partial charge in [0.2, 0.25) is 0 Å². The molecule has 2 unspecified atom stereocenters. The van der Waals surface area contributed by atoms with E-state index in [1.807, 2.05) is 0 Å². The Labute approximate surface area is 85.6 Å². The molecule has 0 saturated heterocycles. The van der Waals surface area contributed by atoms with Crippen LogP contribution in [0, 0.1) is 11.3 Å². The van der Waals surface area contributed by atoms with Gasteiger partial charge in [-0.1, -0.05) is 6.92 Å². The molecule has 0 aromatic rings. The van der Waals surface area contributed by atoms with E-state index in [9.17, 15) is 35.1 Å². The summed E-state index contributed by atoms with van der Waals surface area (Å²) in [6, 6.07) is 0. The molecule has 1 saturated carbocycles. The zero-order valence-corrected chi connectivity index (χ0v) is 8.02. The molecule has 0 amide bonds. The molecule has 0 spiro atoms. The van der Waals surface area contributed by atoms with Crippen LogP contribution in [0.25, 0.3) is 0 Å². The van der Waals surface area contributed by atoms with Crippen LogP contribution in [0.2, 0.25) is 0 Å². The quantitative estimate of drug-likeness (QED) is 0.650. The Balaban J connectivity index is 2.98. The van der Waals surface area contributed by atoms with Gasteiger partial charge in [-0.3, -0.25) is 0 Å². The summed E-state index contributed by atoms with van der Waals surface area (Å²) in [5.74, 6) is -7.97. The van der Waals surface area contributed by atoms with E-state index in [2.05, 4.69) is 0 Å². The number of hydrogen-bond donors (Lipinski definition) is 0. The largest absolute Gasteiger partial charge is 0.453 e. The second-order valence-corrected chi connectivity index (χ2v) is 3.88. The van der Waals surface area contributed by atoms with Crippen LogP contribution < -0.4 is 0 Å². The third kappa shape index (κ3) is 1.66. The lowest BCUT2D eigenvalue weighted by Gasteiger charge is -2.25. The molecule has 0 heterocycles. The van der Waals surface area contributed by atoms with Gasteiger partial charge in [-0.05, 0) is 12.8 Å². The first kappa shape index (κ1) is 13.5. The first-order chi connectivity index (χ1) is 6.90. The van der Waals surface area contributed by atoms with Crippen LogP contribution in [0.5, 0.6) is 0 Å². The zero-order valence-electron chi connectivity index (χ0n) is 8.02. The smallest absolute Gasteiger partial charge is 0.196 e. The maximum Gasteiger partial charge on any atom is 0.453 e. The molecule has 0 aliphatic heterocycles. The van der Waals surface area contributed by atoms with Crippen LogP contribution in [0.3, 0.4) is 0 Å². The maximum atomic E-state index is 12.7. The molecular formula is C8H8F8. The summed E-state index contributed by atoms with van der Waals surface area (Å²) >= 11 is 0. The fraction of sp³-hybridized carbons (Fsp3) is 1.00. The molecule has 1 aliphatic carbocycles. The minimum absolute atomic E-state index is 0.771. The molecule has 0 bridgehead atoms. The fourth-order valence-corrected chi connectivity index (χ4v) is 1.88. The van der Waals surface area contributed by atoms with E-state index in [0.29, 0.717) is 0 Å². The van der Waals surface area contributed by atoms with Crippen LogP contribution in [-0.4, -0.2) is 18.3 Å². The summed E-state index contributed by atoms with van der Waals surface area (Å²) in [6.45, 7) is 0.958. The van der Waals surface area contributed by atoms with Crippen molar-refractivity contribution in [3.05, 3.63) is 0 Å². The Morgan fingerprint density at radius 3 is 1.62 bits per heavy atom. The van der Waals surface area contributed by atoms with Crippen LogP contribution >= 0.6 is 0 Å². The van der Waals surface area contributed by atoms with Crippen molar-refractivity contribution in [3.63, 3.8) is 0 Å². The standard InChI is InChI=1S/C8H8F8/c1-2-5(7(11,12)13)3-4(5)6(9,10)8(14,15)16/h4H,2-3H2,1H3. The summed E-state index contributed by atoms with van der Waals surface area (Å²) in [4.78, 5) is 0. The summed E-state index contributed by atoms with van der Waals surface area (Å²) in [5.41, 5.74) is -2.88. The zero-order chi connectivity index (χ0) is 13.0. The topological polar surface area (TPSA) is 0 Å². The van der Waals surface area contributed by atoms with Crippen molar-refractivity contribution in [2.75, 3.05) is 0 Å². The monoisotopic (exact) mass is 256 g/mol. The summed E-state index contributed by atoms with van der Waals surface area (Å²) < 4.78 is 98.1. The first-order valence-electron chi connectivity index (χ1n) is 4.41. The highest BCUT2D eigenvalue weighted by atomic mass is 19.4. The van der Waals surface area contributed by atoms with Gasteiger partial charge >= 0.3 is 18.3 Å². The van der Waals surface area contributed by atoms with E-state index >= 15 is 0 Å². The average Bonchev–Trinajstić information content (AvgIpc) is 2.75. The van der Waals surface area contributed by atoms with E-state index in [0.717, 1.165) is 6.92 Å². The predicted molar refractivity (Wildman–Crippen MR) is 37.9 cm³/mol. The summed E-state index contributed by atoms with van der Waals surface area (Å²) in [5, 5.41) is 0. The van der Waals surface area contributed by atoms with Gasteiger partial charge in [-0.15, -0.1) is 0 Å². The van der Waals surface area contributed by atoms with Crippen LogP contribution in [0.4, 0.5) is 35.1 Å². The van der Waals surface area contributed by atoms with Crippen LogP contribution in [-0.2, 0) is 0 Å². The van der Waals surface area contributed by atoms with Crippen molar-refractivity contribution in [1.82, 2.24) is 0 Å². The Bertz CT molecular complexity index is 275. The molecule has 0 aromatic heterocycles. The van der Waals surface area contributed by atoms with Crippen LogP contribution in [0.15, 0.2) is 0 Å². The Morgan fingerprint density at radius 2 is 1.44 bits per heavy atom. The molecule has 1 rings (SSSR count). The normalized spacial score (nSPS) is 31.7. The molecular weight excluding hydrogens is 248 g/mol. The number of hydrogen-bond acceptors (Lipinski definition) is 0. The van der Waals surface area contributed by atoms with Crippen LogP contribution in [0.1, 0.15) is 19.8 Å². The van der Waals surface area contributed by atoms with Crippen molar-refractivity contribution < 1.29 is 35.1 Å². The Hall–Kier alpha value is -0.560. The average molecular weight is 256 g/mol. The molecule has 0 nitrogen and oxygen atoms in total. The van der Waals surface area contributed by atoms with E-state index in [1.165, 1.54) is 0 Å². The van der Waals surface area contributed by atoms with E-state index in [1.54, 1.807) is 0 Å². The summed E-state index contributed by atoms with van der Waals surface area (Å²) in [6.07, 6.45) is -12.9. The van der Waals surface area contributed by atoms with Crippen molar-refractivity contribution >= 4 is 0 Å². The maximum absolute atomic E-state index is 12.7. The Kier molecular flexibility index (Phi) is 2.72. The van der Waals surface area contributed by atoms with Gasteiger partial charge in [-0.25, -0.2) is 0 Å². The van der Waals surface area contributed by atoms with Crippen molar-refractivity contribution in [3.8, 4) is 0 Å². The second-order valence-electron chi connectivity index (χ2n) is 3.88. The molecule has 0 N–H and O–H groups in total. The molecule has 0 radical (unpaired) electrons. The fourth-order valence-electron chi connectivity index (χ4n) is 1.88. The SMILES string of the molecule is CCC1(C(F)(F)F)CC1C(F)(F)C(F)(F)F. The highest BCUT2D eigenvalue weighted by Gasteiger charge is 2.81. The lowest BCUT2D eigenvalue weighted by atomic mass is 9.96. The van der Waals surface area contributed by atoms with Gasteiger partial charge in [0.15, 0.2) is 0 Å². The lowest BCUT2D eigenvalue weighted by Crippen LogP contribution is -2.42. The first-order valence-corrected chi connectivity index (χ1v) is 4.41. The highest BCUT2D eigenvalue weighted by molar-refractivity contribution is 5.13. The molecule has 0 aromatic carbocycles. The van der Waals surface area contributed by atoms with Gasteiger partial charge in [0, 0.05) is 5.92 Å². The van der Waals surface area contributed by atoms with Gasteiger partial charge in [-0.2, -0.15) is 35.1 Å². The third-order valence-electron chi connectivity index (χ3n) is 3.09. The van der Waals surface area contributed by atoms with Crippen molar-refractivity contribution in [2.24, 2.45) is 11.3 Å². The summed E-state index contributed by atoms with van der Waals surface area (Å²) in [7, 11) is 0. The molecule has 96 valence electrons. The molecule has 1 aliphatic rings. The molecule has 8 heteroatoms. The van der Waals surface area contributed by atoms with Gasteiger partial charge in [0.25, 0.3) is 0 Å². The predicted octanol–water partition coefficient (Wildman–Crippen LogP) is 4.16. The highest BCUT2D eigenvalue weighted by Crippen LogP contribution is 2.71. The number of alkyl halides is 8. The lowest BCUT2D eigenvalue weighted by molar-refractivity contribution is -0.303. The molecule has 16 heavy (non-hydrogen) atoms. The minimum Gasteiger partial charge on any atom is -0.196 e. The van der Waals surface area contributed by atoms with E-state index in [-0.39, 0.29) is 0 Å². The van der Waals surface area contributed by atoms with Crippen molar-refractivity contribution in [2.45, 2.75) is 38.0 Å². The second kappa shape index (κ2) is 3.22. The van der Waals surface area contributed by atoms with E-state index in [4.69, 9.17) is 0 Å². The van der Waals surface area contributed by atoms with Gasteiger partial charge in [0.05, 0.1) is 5.41 Å².